The maximum absolute atomic E-state index is 11.5. The molecule has 0 spiro atoms. The molecule has 0 amide bonds. The summed E-state index contributed by atoms with van der Waals surface area (Å²) in [6.07, 6.45) is 0. The van der Waals surface area contributed by atoms with Crippen LogP contribution in [-0.4, -0.2) is 34.6 Å². The quantitative estimate of drug-likeness (QED) is 0.890. The molecule has 0 aliphatic carbocycles. The normalized spacial score (nSPS) is 24.6. The topological polar surface area (TPSA) is 40.5 Å². The zero-order chi connectivity index (χ0) is 14.2. The Morgan fingerprint density at radius 2 is 2.00 bits per heavy atom. The second kappa shape index (κ2) is 4.97. The van der Waals surface area contributed by atoms with Crippen LogP contribution in [0.3, 0.4) is 0 Å². The van der Waals surface area contributed by atoms with Gasteiger partial charge in [0.1, 0.15) is 0 Å². The van der Waals surface area contributed by atoms with Crippen LogP contribution in [0.5, 0.6) is 0 Å². The lowest BCUT2D eigenvalue weighted by atomic mass is 9.88. The Labute approximate surface area is 115 Å². The first-order valence-corrected chi connectivity index (χ1v) is 6.83. The lowest BCUT2D eigenvalue weighted by molar-refractivity contribution is -0.141. The van der Waals surface area contributed by atoms with Crippen molar-refractivity contribution in [1.82, 2.24) is 4.90 Å². The third-order valence-electron chi connectivity index (χ3n) is 4.06. The van der Waals surface area contributed by atoms with E-state index in [-0.39, 0.29) is 17.4 Å². The highest BCUT2D eigenvalue weighted by Crippen LogP contribution is 2.36. The largest absolute Gasteiger partial charge is 0.481 e. The Bertz CT molecular complexity index is 476. The lowest BCUT2D eigenvalue weighted by Gasteiger charge is -2.31. The van der Waals surface area contributed by atoms with Crippen molar-refractivity contribution in [3.05, 3.63) is 35.4 Å². The van der Waals surface area contributed by atoms with Gasteiger partial charge in [0, 0.05) is 24.5 Å². The van der Waals surface area contributed by atoms with Gasteiger partial charge >= 0.3 is 5.97 Å². The average Bonchev–Trinajstić information content (AvgIpc) is 2.73. The fourth-order valence-corrected chi connectivity index (χ4v) is 2.84. The van der Waals surface area contributed by atoms with E-state index in [1.807, 2.05) is 6.07 Å². The van der Waals surface area contributed by atoms with E-state index in [0.29, 0.717) is 6.54 Å². The van der Waals surface area contributed by atoms with Gasteiger partial charge < -0.3 is 5.11 Å². The minimum absolute atomic E-state index is 0.0201. The molecule has 3 nitrogen and oxygen atoms in total. The SMILES string of the molecule is Cc1cccc([C@H]2CN(C(C)(C)C)C[C@@H]2C(=O)O)c1. The first kappa shape index (κ1) is 14.1. The smallest absolute Gasteiger partial charge is 0.308 e. The highest BCUT2D eigenvalue weighted by Gasteiger charge is 2.41. The van der Waals surface area contributed by atoms with Gasteiger partial charge in [0.25, 0.3) is 0 Å². The predicted molar refractivity (Wildman–Crippen MR) is 76.4 cm³/mol. The summed E-state index contributed by atoms with van der Waals surface area (Å²) in [5.41, 5.74) is 2.36. The molecule has 1 aromatic carbocycles. The molecule has 1 N–H and O–H groups in total. The van der Waals surface area contributed by atoms with Crippen molar-refractivity contribution in [3.8, 4) is 0 Å². The van der Waals surface area contributed by atoms with Gasteiger partial charge in [0.05, 0.1) is 5.92 Å². The molecule has 0 radical (unpaired) electrons. The summed E-state index contributed by atoms with van der Waals surface area (Å²) in [4.78, 5) is 13.8. The fourth-order valence-electron chi connectivity index (χ4n) is 2.84. The predicted octanol–water partition coefficient (Wildman–Crippen LogP) is 2.89. The van der Waals surface area contributed by atoms with Crippen LogP contribution in [0.1, 0.15) is 37.8 Å². The van der Waals surface area contributed by atoms with Crippen molar-refractivity contribution in [2.45, 2.75) is 39.2 Å². The third kappa shape index (κ3) is 2.98. The van der Waals surface area contributed by atoms with E-state index in [1.165, 1.54) is 5.56 Å². The molecular weight excluding hydrogens is 238 g/mol. The van der Waals surface area contributed by atoms with Crippen LogP contribution in [0, 0.1) is 12.8 Å². The Morgan fingerprint density at radius 1 is 1.32 bits per heavy atom. The molecule has 2 rings (SSSR count). The molecule has 1 aliphatic heterocycles. The standard InChI is InChI=1S/C16H23NO2/c1-11-6-5-7-12(8-11)13-9-17(16(2,3)4)10-14(13)15(18)19/h5-8,13-14H,9-10H2,1-4H3,(H,18,19)/t13-,14+/m1/s1. The van der Waals surface area contributed by atoms with Crippen LogP contribution in [0.25, 0.3) is 0 Å². The van der Waals surface area contributed by atoms with E-state index in [4.69, 9.17) is 0 Å². The average molecular weight is 261 g/mol. The second-order valence-electron chi connectivity index (χ2n) is 6.54. The minimum atomic E-state index is -0.682. The molecule has 1 heterocycles. The Kier molecular flexibility index (Phi) is 3.68. The van der Waals surface area contributed by atoms with Gasteiger partial charge in [-0.3, -0.25) is 9.69 Å². The number of nitrogens with zero attached hydrogens (tertiary/aromatic N) is 1. The molecule has 0 saturated carbocycles. The summed E-state index contributed by atoms with van der Waals surface area (Å²) in [5.74, 6) is -0.893. The van der Waals surface area contributed by atoms with Gasteiger partial charge in [0.2, 0.25) is 0 Å². The summed E-state index contributed by atoms with van der Waals surface area (Å²) in [6, 6.07) is 8.24. The Balaban J connectivity index is 2.30. The third-order valence-corrected chi connectivity index (χ3v) is 4.06. The van der Waals surface area contributed by atoms with Crippen LogP contribution in [0.15, 0.2) is 24.3 Å². The van der Waals surface area contributed by atoms with Gasteiger partial charge in [-0.2, -0.15) is 0 Å². The monoisotopic (exact) mass is 261 g/mol. The summed E-state index contributed by atoms with van der Waals surface area (Å²) in [5, 5.41) is 9.47. The number of hydrogen-bond donors (Lipinski definition) is 1. The van der Waals surface area contributed by atoms with Crippen LogP contribution in [0.2, 0.25) is 0 Å². The fraction of sp³-hybridized carbons (Fsp3) is 0.562. The number of benzene rings is 1. The zero-order valence-electron chi connectivity index (χ0n) is 12.2. The number of aliphatic carboxylic acids is 1. The van der Waals surface area contributed by atoms with E-state index >= 15 is 0 Å². The van der Waals surface area contributed by atoms with Crippen LogP contribution in [-0.2, 0) is 4.79 Å². The summed E-state index contributed by atoms with van der Waals surface area (Å²) >= 11 is 0. The highest BCUT2D eigenvalue weighted by molar-refractivity contribution is 5.72. The van der Waals surface area contributed by atoms with Crippen molar-refractivity contribution in [2.75, 3.05) is 13.1 Å². The van der Waals surface area contributed by atoms with E-state index in [9.17, 15) is 9.90 Å². The number of carboxylic acid groups (broad SMARTS) is 1. The van der Waals surface area contributed by atoms with Gasteiger partial charge in [-0.05, 0) is 33.3 Å². The van der Waals surface area contributed by atoms with Crippen molar-refractivity contribution in [1.29, 1.82) is 0 Å². The van der Waals surface area contributed by atoms with Gasteiger partial charge in [-0.15, -0.1) is 0 Å². The first-order valence-electron chi connectivity index (χ1n) is 6.83. The molecule has 0 unspecified atom stereocenters. The van der Waals surface area contributed by atoms with Crippen molar-refractivity contribution in [3.63, 3.8) is 0 Å². The number of hydrogen-bond acceptors (Lipinski definition) is 2. The van der Waals surface area contributed by atoms with Crippen molar-refractivity contribution in [2.24, 2.45) is 5.92 Å². The van der Waals surface area contributed by atoms with Gasteiger partial charge in [0.15, 0.2) is 0 Å². The summed E-state index contributed by atoms with van der Waals surface area (Å²) < 4.78 is 0. The van der Waals surface area contributed by atoms with E-state index in [1.54, 1.807) is 0 Å². The lowest BCUT2D eigenvalue weighted by Crippen LogP contribution is -2.40. The molecule has 0 aromatic heterocycles. The molecule has 1 fully saturated rings. The number of rotatable bonds is 2. The van der Waals surface area contributed by atoms with Crippen LogP contribution < -0.4 is 0 Å². The molecular formula is C16H23NO2. The van der Waals surface area contributed by atoms with Crippen molar-refractivity contribution < 1.29 is 9.90 Å². The molecule has 104 valence electrons. The molecule has 0 bridgehead atoms. The molecule has 3 heteroatoms. The van der Waals surface area contributed by atoms with Crippen LogP contribution >= 0.6 is 0 Å². The van der Waals surface area contributed by atoms with E-state index in [0.717, 1.165) is 12.1 Å². The van der Waals surface area contributed by atoms with E-state index < -0.39 is 5.97 Å². The maximum Gasteiger partial charge on any atom is 0.308 e. The number of carboxylic acids is 1. The zero-order valence-corrected chi connectivity index (χ0v) is 12.2. The van der Waals surface area contributed by atoms with Crippen molar-refractivity contribution >= 4 is 5.97 Å². The first-order chi connectivity index (χ1) is 8.79. The summed E-state index contributed by atoms with van der Waals surface area (Å²) in [6.45, 7) is 9.94. The Morgan fingerprint density at radius 3 is 2.53 bits per heavy atom. The summed E-state index contributed by atoms with van der Waals surface area (Å²) in [7, 11) is 0. The molecule has 1 aromatic rings. The number of aryl methyl sites for hydroxylation is 1. The van der Waals surface area contributed by atoms with Gasteiger partial charge in [-0.1, -0.05) is 29.8 Å². The highest BCUT2D eigenvalue weighted by atomic mass is 16.4. The minimum Gasteiger partial charge on any atom is -0.481 e. The maximum atomic E-state index is 11.5. The van der Waals surface area contributed by atoms with Crippen LogP contribution in [0.4, 0.5) is 0 Å². The second-order valence-corrected chi connectivity index (χ2v) is 6.54. The molecule has 1 aliphatic rings. The van der Waals surface area contributed by atoms with E-state index in [2.05, 4.69) is 50.8 Å². The Hall–Kier alpha value is -1.35. The molecule has 19 heavy (non-hydrogen) atoms. The number of carbonyl (C=O) groups is 1. The number of likely N-dealkylation sites (tertiary alicyclic amines) is 1. The molecule has 1 saturated heterocycles. The molecule has 2 atom stereocenters. The van der Waals surface area contributed by atoms with Gasteiger partial charge in [-0.25, -0.2) is 0 Å².